The van der Waals surface area contributed by atoms with Gasteiger partial charge in [0.25, 0.3) is 0 Å². The quantitative estimate of drug-likeness (QED) is 0.878. The largest absolute Gasteiger partial charge is 0.396 e. The first-order chi connectivity index (χ1) is 8.78. The zero-order valence-corrected chi connectivity index (χ0v) is 10.6. The van der Waals surface area contributed by atoms with Gasteiger partial charge in [-0.3, -0.25) is 0 Å². The van der Waals surface area contributed by atoms with Gasteiger partial charge in [0.2, 0.25) is 0 Å². The Morgan fingerprint density at radius 2 is 2.11 bits per heavy atom. The number of rotatable bonds is 2. The highest BCUT2D eigenvalue weighted by atomic mass is 16.3. The number of benzene rings is 1. The molecule has 0 fully saturated rings. The van der Waals surface area contributed by atoms with Crippen LogP contribution in [0, 0.1) is 12.8 Å². The van der Waals surface area contributed by atoms with Gasteiger partial charge < -0.3 is 9.67 Å². The molecule has 1 N–H and O–H groups in total. The maximum absolute atomic E-state index is 9.32. The van der Waals surface area contributed by atoms with E-state index in [-0.39, 0.29) is 6.61 Å². The Hall–Kier alpha value is -1.61. The van der Waals surface area contributed by atoms with Gasteiger partial charge >= 0.3 is 0 Å². The third kappa shape index (κ3) is 1.95. The van der Waals surface area contributed by atoms with E-state index in [4.69, 9.17) is 0 Å². The third-order valence-corrected chi connectivity index (χ3v) is 3.76. The van der Waals surface area contributed by atoms with Gasteiger partial charge in [0.1, 0.15) is 5.82 Å². The minimum atomic E-state index is 0.269. The van der Waals surface area contributed by atoms with Crippen LogP contribution in [-0.2, 0) is 13.0 Å². The summed E-state index contributed by atoms with van der Waals surface area (Å²) in [6, 6.07) is 8.47. The Labute approximate surface area is 107 Å². The van der Waals surface area contributed by atoms with Crippen LogP contribution in [0.4, 0.5) is 0 Å². The van der Waals surface area contributed by atoms with E-state index in [1.165, 1.54) is 11.3 Å². The molecule has 0 aliphatic carbocycles. The molecule has 3 rings (SSSR count). The number of aliphatic hydroxyl groups excluding tert-OH is 1. The molecule has 2 heterocycles. The molecule has 18 heavy (non-hydrogen) atoms. The summed E-state index contributed by atoms with van der Waals surface area (Å²) in [5, 5.41) is 9.32. The Bertz CT molecular complexity index is 542. The maximum Gasteiger partial charge on any atom is 0.140 e. The number of aryl methyl sites for hydroxylation is 2. The van der Waals surface area contributed by atoms with Crippen LogP contribution in [0.3, 0.4) is 0 Å². The molecule has 0 amide bonds. The van der Waals surface area contributed by atoms with Crippen molar-refractivity contribution in [1.29, 1.82) is 0 Å². The van der Waals surface area contributed by atoms with Gasteiger partial charge in [-0.05, 0) is 19.8 Å². The van der Waals surface area contributed by atoms with Crippen molar-refractivity contribution in [2.75, 3.05) is 6.61 Å². The molecule has 1 aromatic carbocycles. The number of aliphatic hydroxyl groups is 1. The summed E-state index contributed by atoms with van der Waals surface area (Å²) in [4.78, 5) is 4.55. The summed E-state index contributed by atoms with van der Waals surface area (Å²) in [5.41, 5.74) is 3.71. The summed E-state index contributed by atoms with van der Waals surface area (Å²) in [6.45, 7) is 3.24. The lowest BCUT2D eigenvalue weighted by atomic mass is 9.99. The smallest absolute Gasteiger partial charge is 0.140 e. The van der Waals surface area contributed by atoms with E-state index in [9.17, 15) is 5.11 Å². The first-order valence-corrected chi connectivity index (χ1v) is 6.50. The van der Waals surface area contributed by atoms with Crippen molar-refractivity contribution in [2.45, 2.75) is 26.3 Å². The second-order valence-electron chi connectivity index (χ2n) is 5.14. The average molecular weight is 242 g/mol. The van der Waals surface area contributed by atoms with E-state index in [0.717, 1.165) is 30.8 Å². The van der Waals surface area contributed by atoms with Crippen molar-refractivity contribution in [1.82, 2.24) is 9.55 Å². The monoisotopic (exact) mass is 242 g/mol. The molecule has 1 aromatic heterocycles. The molecule has 3 heteroatoms. The fourth-order valence-corrected chi connectivity index (χ4v) is 2.60. The van der Waals surface area contributed by atoms with E-state index < -0.39 is 0 Å². The molecule has 0 radical (unpaired) electrons. The highest BCUT2D eigenvalue weighted by Gasteiger charge is 2.21. The van der Waals surface area contributed by atoms with E-state index in [2.05, 4.69) is 40.7 Å². The zero-order chi connectivity index (χ0) is 12.5. The van der Waals surface area contributed by atoms with Crippen LogP contribution in [0.25, 0.3) is 11.4 Å². The fraction of sp³-hybridized carbons (Fsp3) is 0.400. The molecule has 3 nitrogen and oxygen atoms in total. The number of fused-ring (bicyclic) bond motifs is 1. The van der Waals surface area contributed by atoms with E-state index >= 15 is 0 Å². The molecular formula is C15H18N2O. The van der Waals surface area contributed by atoms with Crippen molar-refractivity contribution < 1.29 is 5.11 Å². The first kappa shape index (κ1) is 11.5. The second kappa shape index (κ2) is 4.58. The Morgan fingerprint density at radius 3 is 2.83 bits per heavy atom. The number of nitrogens with zero attached hydrogens (tertiary/aromatic N) is 2. The number of hydrogen-bond donors (Lipinski definition) is 1. The van der Waals surface area contributed by atoms with Crippen LogP contribution in [0.5, 0.6) is 0 Å². The Kier molecular flexibility index (Phi) is 2.92. The lowest BCUT2D eigenvalue weighted by Crippen LogP contribution is -2.22. The highest BCUT2D eigenvalue weighted by molar-refractivity contribution is 5.56. The first-order valence-electron chi connectivity index (χ1n) is 6.50. The zero-order valence-electron chi connectivity index (χ0n) is 10.6. The van der Waals surface area contributed by atoms with Gasteiger partial charge in [0.15, 0.2) is 0 Å². The van der Waals surface area contributed by atoms with Crippen LogP contribution in [0.2, 0.25) is 0 Å². The van der Waals surface area contributed by atoms with E-state index in [1.54, 1.807) is 0 Å². The summed E-state index contributed by atoms with van der Waals surface area (Å²) in [5.74, 6) is 1.40. The van der Waals surface area contributed by atoms with Gasteiger partial charge in [0.05, 0.1) is 0 Å². The van der Waals surface area contributed by atoms with Crippen LogP contribution in [-0.4, -0.2) is 21.3 Å². The standard InChI is InChI=1S/C15H18N2O/c1-11-2-5-13(6-3-11)15-16-8-14-7-4-12(10-18)9-17(14)15/h2-3,5-6,8,12,18H,4,7,9-10H2,1H3. The molecule has 1 aliphatic rings. The molecule has 94 valence electrons. The van der Waals surface area contributed by atoms with Gasteiger partial charge in [0, 0.05) is 36.5 Å². The maximum atomic E-state index is 9.32. The van der Waals surface area contributed by atoms with Crippen molar-refractivity contribution in [3.8, 4) is 11.4 Å². The number of aromatic nitrogens is 2. The van der Waals surface area contributed by atoms with Crippen LogP contribution >= 0.6 is 0 Å². The summed E-state index contributed by atoms with van der Waals surface area (Å²) < 4.78 is 2.26. The van der Waals surface area contributed by atoms with E-state index in [1.807, 2.05) is 6.20 Å². The number of imidazole rings is 1. The number of hydrogen-bond acceptors (Lipinski definition) is 2. The lowest BCUT2D eigenvalue weighted by molar-refractivity contribution is 0.192. The SMILES string of the molecule is Cc1ccc(-c2ncc3n2CC(CO)CC3)cc1. The minimum Gasteiger partial charge on any atom is -0.396 e. The van der Waals surface area contributed by atoms with E-state index in [0.29, 0.717) is 5.92 Å². The van der Waals surface area contributed by atoms with Crippen LogP contribution < -0.4 is 0 Å². The molecule has 0 saturated heterocycles. The van der Waals surface area contributed by atoms with Crippen LogP contribution in [0.15, 0.2) is 30.5 Å². The summed E-state index contributed by atoms with van der Waals surface area (Å²) >= 11 is 0. The predicted molar refractivity (Wildman–Crippen MR) is 71.3 cm³/mol. The third-order valence-electron chi connectivity index (χ3n) is 3.76. The van der Waals surface area contributed by atoms with Crippen molar-refractivity contribution in [3.63, 3.8) is 0 Å². The predicted octanol–water partition coefficient (Wildman–Crippen LogP) is 2.41. The minimum absolute atomic E-state index is 0.269. The topological polar surface area (TPSA) is 38.0 Å². The fourth-order valence-electron chi connectivity index (χ4n) is 2.60. The molecule has 0 bridgehead atoms. The normalized spacial score (nSPS) is 18.7. The van der Waals surface area contributed by atoms with Gasteiger partial charge in [-0.25, -0.2) is 4.98 Å². The molecule has 1 unspecified atom stereocenters. The van der Waals surface area contributed by atoms with Crippen molar-refractivity contribution in [2.24, 2.45) is 5.92 Å². The molecule has 1 atom stereocenters. The molecule has 2 aromatic rings. The van der Waals surface area contributed by atoms with Crippen LogP contribution in [0.1, 0.15) is 17.7 Å². The molecular weight excluding hydrogens is 224 g/mol. The molecule has 0 spiro atoms. The lowest BCUT2D eigenvalue weighted by Gasteiger charge is -2.23. The van der Waals surface area contributed by atoms with Crippen molar-refractivity contribution >= 4 is 0 Å². The van der Waals surface area contributed by atoms with Gasteiger partial charge in [-0.15, -0.1) is 0 Å². The molecule has 0 saturated carbocycles. The Balaban J connectivity index is 1.99. The van der Waals surface area contributed by atoms with Gasteiger partial charge in [-0.2, -0.15) is 0 Å². The highest BCUT2D eigenvalue weighted by Crippen LogP contribution is 2.27. The summed E-state index contributed by atoms with van der Waals surface area (Å²) in [7, 11) is 0. The average Bonchev–Trinajstić information content (AvgIpc) is 2.82. The summed E-state index contributed by atoms with van der Waals surface area (Å²) in [6.07, 6.45) is 4.06. The second-order valence-corrected chi connectivity index (χ2v) is 5.14. The van der Waals surface area contributed by atoms with Gasteiger partial charge in [-0.1, -0.05) is 29.8 Å². The van der Waals surface area contributed by atoms with Crippen molar-refractivity contribution in [3.05, 3.63) is 41.7 Å². The molecule has 1 aliphatic heterocycles. The Morgan fingerprint density at radius 1 is 1.33 bits per heavy atom.